The van der Waals surface area contributed by atoms with Crippen LogP contribution in [-0.4, -0.2) is 64.8 Å². The third kappa shape index (κ3) is 4.94. The van der Waals surface area contributed by atoms with E-state index in [2.05, 4.69) is 22.3 Å². The van der Waals surface area contributed by atoms with Crippen molar-refractivity contribution < 1.29 is 19.5 Å². The topological polar surface area (TPSA) is 131 Å². The Bertz CT molecular complexity index is 1240. The van der Waals surface area contributed by atoms with Gasteiger partial charge in [-0.2, -0.15) is 5.10 Å². The second-order valence-corrected chi connectivity index (χ2v) is 7.15. The van der Waals surface area contributed by atoms with Gasteiger partial charge < -0.3 is 21.1 Å². The number of carbonyl (C=O) groups is 3. The van der Waals surface area contributed by atoms with Crippen molar-refractivity contribution >= 4 is 29.1 Å². The number of benzene rings is 2. The molecule has 1 aromatic heterocycles. The van der Waals surface area contributed by atoms with Crippen molar-refractivity contribution in [1.82, 2.24) is 20.0 Å². The van der Waals surface area contributed by atoms with Crippen molar-refractivity contribution in [2.24, 2.45) is 5.73 Å². The third-order valence-corrected chi connectivity index (χ3v) is 4.81. The number of carbonyl (C=O) groups excluding carboxylic acids is 3. The Morgan fingerprint density at radius 2 is 2.09 bits per heavy atom. The van der Waals surface area contributed by atoms with Gasteiger partial charge in [0.25, 0.3) is 11.8 Å². The van der Waals surface area contributed by atoms with Gasteiger partial charge in [0.2, 0.25) is 6.41 Å². The summed E-state index contributed by atoms with van der Waals surface area (Å²) in [7, 11) is 3.15. The first-order valence-electron chi connectivity index (χ1n) is 9.84. The number of nitrogens with two attached hydrogens (primary N) is 1. The Labute approximate surface area is 184 Å². The largest absolute Gasteiger partial charge is 0.380 e. The molecule has 0 radical (unpaired) electrons. The quantitative estimate of drug-likeness (QED) is 0.372. The maximum Gasteiger partial charge on any atom is 0.269 e. The van der Waals surface area contributed by atoms with Crippen LogP contribution in [0.2, 0.25) is 0 Å². The maximum absolute atomic E-state index is 12.0. The number of aliphatic hydroxyl groups is 1. The lowest BCUT2D eigenvalue weighted by molar-refractivity contribution is -0.117. The highest BCUT2D eigenvalue weighted by Crippen LogP contribution is 2.24. The standard InChI is InChI=1S/C23H23N5O4/c1-25-23(32)16-7-9-20-19(13-16)21(22(24)31)26-28(20)17-5-3-4-15(12-17)6-8-18(30)10-11-27(2)14-29/h3-5,7,9,12-14,18,30H,10-11H2,1-2H3,(H2,24,31)(H,25,32). The molecule has 164 valence electrons. The van der Waals surface area contributed by atoms with Gasteiger partial charge in [-0.3, -0.25) is 14.4 Å². The summed E-state index contributed by atoms with van der Waals surface area (Å²) in [6, 6.07) is 12.0. The van der Waals surface area contributed by atoms with Crippen LogP contribution in [0.1, 0.15) is 32.8 Å². The van der Waals surface area contributed by atoms with E-state index in [1.807, 2.05) is 0 Å². The molecule has 4 N–H and O–H groups in total. The van der Waals surface area contributed by atoms with E-state index >= 15 is 0 Å². The van der Waals surface area contributed by atoms with Gasteiger partial charge in [-0.1, -0.05) is 17.9 Å². The number of amides is 3. The first kappa shape index (κ1) is 22.5. The zero-order chi connectivity index (χ0) is 23.3. The summed E-state index contributed by atoms with van der Waals surface area (Å²) in [4.78, 5) is 36.0. The number of nitrogens with one attached hydrogen (secondary N) is 1. The summed E-state index contributed by atoms with van der Waals surface area (Å²) in [5, 5.41) is 17.4. The first-order chi connectivity index (χ1) is 15.3. The number of hydrogen-bond acceptors (Lipinski definition) is 5. The van der Waals surface area contributed by atoms with Crippen LogP contribution < -0.4 is 11.1 Å². The van der Waals surface area contributed by atoms with Crippen LogP contribution in [0.5, 0.6) is 0 Å². The lowest BCUT2D eigenvalue weighted by atomic mass is 10.1. The van der Waals surface area contributed by atoms with Crippen molar-refractivity contribution in [1.29, 1.82) is 0 Å². The lowest BCUT2D eigenvalue weighted by Gasteiger charge is -2.10. The highest BCUT2D eigenvalue weighted by Gasteiger charge is 2.18. The monoisotopic (exact) mass is 433 g/mol. The van der Waals surface area contributed by atoms with Crippen LogP contribution in [0, 0.1) is 11.8 Å². The van der Waals surface area contributed by atoms with Crippen molar-refractivity contribution in [3.63, 3.8) is 0 Å². The van der Waals surface area contributed by atoms with Crippen LogP contribution in [0.15, 0.2) is 42.5 Å². The van der Waals surface area contributed by atoms with Crippen LogP contribution in [0.4, 0.5) is 0 Å². The molecule has 1 atom stereocenters. The molecular formula is C23H23N5O4. The summed E-state index contributed by atoms with van der Waals surface area (Å²) in [6.45, 7) is 0.395. The minimum absolute atomic E-state index is 0.0527. The van der Waals surface area contributed by atoms with E-state index < -0.39 is 12.0 Å². The Morgan fingerprint density at radius 3 is 2.78 bits per heavy atom. The average molecular weight is 433 g/mol. The zero-order valence-electron chi connectivity index (χ0n) is 17.7. The highest BCUT2D eigenvalue weighted by molar-refractivity contribution is 6.07. The van der Waals surface area contributed by atoms with E-state index in [0.29, 0.717) is 47.1 Å². The zero-order valence-corrected chi connectivity index (χ0v) is 17.7. The first-order valence-corrected chi connectivity index (χ1v) is 9.84. The van der Waals surface area contributed by atoms with Gasteiger partial charge >= 0.3 is 0 Å². The Morgan fingerprint density at radius 1 is 1.31 bits per heavy atom. The fourth-order valence-electron chi connectivity index (χ4n) is 3.12. The van der Waals surface area contributed by atoms with Crippen LogP contribution in [0.3, 0.4) is 0 Å². The molecule has 0 saturated carbocycles. The molecule has 3 rings (SSSR count). The van der Waals surface area contributed by atoms with E-state index in [-0.39, 0.29) is 11.6 Å². The number of rotatable bonds is 7. The average Bonchev–Trinajstić information content (AvgIpc) is 3.20. The van der Waals surface area contributed by atoms with Gasteiger partial charge in [0.15, 0.2) is 5.69 Å². The van der Waals surface area contributed by atoms with E-state index in [9.17, 15) is 19.5 Å². The summed E-state index contributed by atoms with van der Waals surface area (Å²) in [5.41, 5.74) is 7.82. The summed E-state index contributed by atoms with van der Waals surface area (Å²) >= 11 is 0. The molecule has 0 aliphatic carbocycles. The van der Waals surface area contributed by atoms with Crippen molar-refractivity contribution in [2.75, 3.05) is 20.6 Å². The molecular weight excluding hydrogens is 410 g/mol. The second-order valence-electron chi connectivity index (χ2n) is 7.15. The molecule has 32 heavy (non-hydrogen) atoms. The molecule has 0 bridgehead atoms. The molecule has 9 nitrogen and oxygen atoms in total. The van der Waals surface area contributed by atoms with Gasteiger partial charge in [0.1, 0.15) is 6.10 Å². The number of nitrogens with zero attached hydrogens (tertiary/aromatic N) is 3. The smallest absolute Gasteiger partial charge is 0.269 e. The van der Waals surface area contributed by atoms with Gasteiger partial charge in [0, 0.05) is 43.6 Å². The normalized spacial score (nSPS) is 11.3. The number of fused-ring (bicyclic) bond motifs is 1. The Hall–Kier alpha value is -4.16. The Kier molecular flexibility index (Phi) is 6.87. The highest BCUT2D eigenvalue weighted by atomic mass is 16.3. The van der Waals surface area contributed by atoms with Crippen molar-refractivity contribution in [3.05, 3.63) is 59.3 Å². The maximum atomic E-state index is 12.0. The SMILES string of the molecule is CNC(=O)c1ccc2c(c1)c(C(N)=O)nn2-c1cccc(C#CC(O)CCN(C)C=O)c1. The summed E-state index contributed by atoms with van der Waals surface area (Å²) < 4.78 is 1.56. The molecule has 0 saturated heterocycles. The summed E-state index contributed by atoms with van der Waals surface area (Å²) in [5.74, 6) is 4.68. The predicted molar refractivity (Wildman–Crippen MR) is 119 cm³/mol. The number of hydrogen-bond donors (Lipinski definition) is 3. The molecule has 3 aromatic rings. The van der Waals surface area contributed by atoms with Crippen LogP contribution >= 0.6 is 0 Å². The molecule has 1 unspecified atom stereocenters. The number of aromatic nitrogens is 2. The fourth-order valence-corrected chi connectivity index (χ4v) is 3.12. The van der Waals surface area contributed by atoms with E-state index in [4.69, 9.17) is 5.73 Å². The molecule has 9 heteroatoms. The van der Waals surface area contributed by atoms with Gasteiger partial charge in [-0.15, -0.1) is 0 Å². The molecule has 0 aliphatic rings. The van der Waals surface area contributed by atoms with Crippen molar-refractivity contribution in [2.45, 2.75) is 12.5 Å². The van der Waals surface area contributed by atoms with E-state index in [0.717, 1.165) is 0 Å². The minimum Gasteiger partial charge on any atom is -0.380 e. The molecule has 0 spiro atoms. The van der Waals surface area contributed by atoms with Gasteiger partial charge in [-0.05, 0) is 36.4 Å². The molecule has 0 aliphatic heterocycles. The number of primary amides is 1. The molecule has 2 aromatic carbocycles. The molecule has 1 heterocycles. The Balaban J connectivity index is 1.96. The van der Waals surface area contributed by atoms with Gasteiger partial charge in [-0.25, -0.2) is 4.68 Å². The predicted octanol–water partition coefficient (Wildman–Crippen LogP) is 0.675. The van der Waals surface area contributed by atoms with Crippen LogP contribution in [-0.2, 0) is 4.79 Å². The molecule has 3 amide bonds. The molecule has 0 fully saturated rings. The van der Waals surface area contributed by atoms with E-state index in [1.165, 1.54) is 11.9 Å². The van der Waals surface area contributed by atoms with Crippen LogP contribution in [0.25, 0.3) is 16.6 Å². The second kappa shape index (κ2) is 9.76. The van der Waals surface area contributed by atoms with Crippen molar-refractivity contribution in [3.8, 4) is 17.5 Å². The lowest BCUT2D eigenvalue weighted by Crippen LogP contribution is -2.21. The van der Waals surface area contributed by atoms with Gasteiger partial charge in [0.05, 0.1) is 11.2 Å². The fraction of sp³-hybridized carbons (Fsp3) is 0.217. The minimum atomic E-state index is -0.879. The number of aliphatic hydroxyl groups excluding tert-OH is 1. The van der Waals surface area contributed by atoms with E-state index in [1.54, 1.807) is 54.2 Å². The third-order valence-electron chi connectivity index (χ3n) is 4.81. The summed E-state index contributed by atoms with van der Waals surface area (Å²) in [6.07, 6.45) is 0.147.